The molecule has 1 amide bonds. The van der Waals surface area contributed by atoms with E-state index in [0.717, 1.165) is 6.29 Å². The van der Waals surface area contributed by atoms with Crippen LogP contribution in [-0.2, 0) is 0 Å². The monoisotopic (exact) mass is 255 g/mol. The van der Waals surface area contributed by atoms with Crippen LogP contribution in [0.1, 0.15) is 20.7 Å². The van der Waals surface area contributed by atoms with Crippen LogP contribution in [0.2, 0.25) is 0 Å². The van der Waals surface area contributed by atoms with Gasteiger partial charge < -0.3 is 10.1 Å². The van der Waals surface area contributed by atoms with Crippen molar-refractivity contribution in [2.75, 3.05) is 12.4 Å². The Morgan fingerprint density at radius 1 is 1.16 bits per heavy atom. The highest BCUT2D eigenvalue weighted by molar-refractivity contribution is 6.05. The Balaban J connectivity index is 2.27. The minimum absolute atomic E-state index is 0.248. The molecule has 0 spiro atoms. The Hall–Kier alpha value is -2.62. The molecule has 0 heterocycles. The van der Waals surface area contributed by atoms with Crippen molar-refractivity contribution < 1.29 is 14.3 Å². The summed E-state index contributed by atoms with van der Waals surface area (Å²) >= 11 is 0. The predicted molar refractivity (Wildman–Crippen MR) is 72.8 cm³/mol. The van der Waals surface area contributed by atoms with Crippen LogP contribution < -0.4 is 10.1 Å². The van der Waals surface area contributed by atoms with Crippen molar-refractivity contribution in [1.82, 2.24) is 0 Å². The van der Waals surface area contributed by atoms with Gasteiger partial charge in [0, 0.05) is 11.1 Å². The SMILES string of the molecule is COc1ccc(C=O)cc1NC(=O)c1ccccc1. The minimum Gasteiger partial charge on any atom is -0.495 e. The summed E-state index contributed by atoms with van der Waals surface area (Å²) in [7, 11) is 1.51. The van der Waals surface area contributed by atoms with E-state index in [0.29, 0.717) is 22.6 Å². The number of aldehydes is 1. The fourth-order valence-electron chi connectivity index (χ4n) is 1.68. The first-order valence-electron chi connectivity index (χ1n) is 5.74. The molecule has 0 saturated heterocycles. The Morgan fingerprint density at radius 2 is 1.89 bits per heavy atom. The molecule has 4 heteroatoms. The number of carbonyl (C=O) groups is 2. The maximum atomic E-state index is 12.0. The van der Waals surface area contributed by atoms with Crippen LogP contribution in [0, 0.1) is 0 Å². The van der Waals surface area contributed by atoms with E-state index in [1.807, 2.05) is 6.07 Å². The molecule has 0 atom stereocenters. The lowest BCUT2D eigenvalue weighted by Gasteiger charge is -2.10. The quantitative estimate of drug-likeness (QED) is 0.855. The average molecular weight is 255 g/mol. The Morgan fingerprint density at radius 3 is 2.53 bits per heavy atom. The average Bonchev–Trinajstić information content (AvgIpc) is 2.48. The third-order valence-electron chi connectivity index (χ3n) is 2.64. The first-order valence-corrected chi connectivity index (χ1v) is 5.74. The molecule has 0 bridgehead atoms. The first-order chi connectivity index (χ1) is 9.24. The highest BCUT2D eigenvalue weighted by Crippen LogP contribution is 2.25. The number of carbonyl (C=O) groups excluding carboxylic acids is 2. The van der Waals surface area contributed by atoms with Gasteiger partial charge in [0.05, 0.1) is 12.8 Å². The van der Waals surface area contributed by atoms with Gasteiger partial charge in [-0.2, -0.15) is 0 Å². The van der Waals surface area contributed by atoms with Crippen LogP contribution in [0.25, 0.3) is 0 Å². The number of anilines is 1. The van der Waals surface area contributed by atoms with Crippen molar-refractivity contribution in [3.05, 3.63) is 59.7 Å². The highest BCUT2D eigenvalue weighted by atomic mass is 16.5. The summed E-state index contributed by atoms with van der Waals surface area (Å²) in [4.78, 5) is 22.8. The van der Waals surface area contributed by atoms with Gasteiger partial charge in [-0.15, -0.1) is 0 Å². The van der Waals surface area contributed by atoms with E-state index in [-0.39, 0.29) is 5.91 Å². The summed E-state index contributed by atoms with van der Waals surface area (Å²) in [5.74, 6) is 0.261. The fourth-order valence-corrected chi connectivity index (χ4v) is 1.68. The number of benzene rings is 2. The number of hydrogen-bond acceptors (Lipinski definition) is 3. The summed E-state index contributed by atoms with van der Waals surface area (Å²) in [6.07, 6.45) is 0.720. The van der Waals surface area contributed by atoms with Gasteiger partial charge in [-0.05, 0) is 30.3 Å². The third-order valence-corrected chi connectivity index (χ3v) is 2.64. The van der Waals surface area contributed by atoms with Crippen LogP contribution in [0.5, 0.6) is 5.75 Å². The lowest BCUT2D eigenvalue weighted by Crippen LogP contribution is -2.12. The topological polar surface area (TPSA) is 55.4 Å². The first kappa shape index (κ1) is 12.8. The summed E-state index contributed by atoms with van der Waals surface area (Å²) in [5.41, 5.74) is 1.49. The zero-order valence-electron chi connectivity index (χ0n) is 10.4. The largest absolute Gasteiger partial charge is 0.495 e. The van der Waals surface area contributed by atoms with E-state index in [9.17, 15) is 9.59 Å². The Labute approximate surface area is 111 Å². The number of nitrogens with one attached hydrogen (secondary N) is 1. The van der Waals surface area contributed by atoms with Crippen molar-refractivity contribution in [3.8, 4) is 5.75 Å². The molecule has 96 valence electrons. The van der Waals surface area contributed by atoms with Crippen molar-refractivity contribution >= 4 is 17.9 Å². The van der Waals surface area contributed by atoms with E-state index in [4.69, 9.17) is 4.74 Å². The molecule has 0 unspecified atom stereocenters. The molecule has 2 aromatic carbocycles. The molecule has 0 aliphatic heterocycles. The number of rotatable bonds is 4. The molecule has 2 rings (SSSR count). The van der Waals surface area contributed by atoms with E-state index < -0.39 is 0 Å². The second-order valence-corrected chi connectivity index (χ2v) is 3.90. The van der Waals surface area contributed by atoms with Gasteiger partial charge >= 0.3 is 0 Å². The molecule has 0 aliphatic carbocycles. The summed E-state index contributed by atoms with van der Waals surface area (Å²) in [6, 6.07) is 13.7. The molecule has 0 aliphatic rings. The van der Waals surface area contributed by atoms with Crippen molar-refractivity contribution in [2.24, 2.45) is 0 Å². The van der Waals surface area contributed by atoms with Crippen LogP contribution >= 0.6 is 0 Å². The lowest BCUT2D eigenvalue weighted by atomic mass is 10.1. The smallest absolute Gasteiger partial charge is 0.255 e. The third kappa shape index (κ3) is 2.98. The molecule has 1 N–H and O–H groups in total. The molecule has 0 radical (unpaired) electrons. The molecule has 0 aromatic heterocycles. The summed E-state index contributed by atoms with van der Waals surface area (Å²) < 4.78 is 5.15. The minimum atomic E-state index is -0.248. The maximum absolute atomic E-state index is 12.0. The van der Waals surface area contributed by atoms with Crippen molar-refractivity contribution in [2.45, 2.75) is 0 Å². The van der Waals surface area contributed by atoms with Gasteiger partial charge in [-0.3, -0.25) is 9.59 Å². The molecular weight excluding hydrogens is 242 g/mol. The second kappa shape index (κ2) is 5.82. The van der Waals surface area contributed by atoms with Crippen LogP contribution in [0.4, 0.5) is 5.69 Å². The molecule has 2 aromatic rings. The number of ether oxygens (including phenoxy) is 1. The van der Waals surface area contributed by atoms with E-state index in [1.165, 1.54) is 7.11 Å². The molecule has 19 heavy (non-hydrogen) atoms. The van der Waals surface area contributed by atoms with Crippen LogP contribution in [0.3, 0.4) is 0 Å². The molecule has 0 saturated carbocycles. The Bertz CT molecular complexity index is 594. The lowest BCUT2D eigenvalue weighted by molar-refractivity contribution is 0.102. The van der Waals surface area contributed by atoms with Gasteiger partial charge in [-0.25, -0.2) is 0 Å². The molecule has 4 nitrogen and oxygen atoms in total. The normalized spacial score (nSPS) is 9.74. The number of hydrogen-bond donors (Lipinski definition) is 1. The van der Waals surface area contributed by atoms with Crippen LogP contribution in [0.15, 0.2) is 48.5 Å². The van der Waals surface area contributed by atoms with E-state index in [2.05, 4.69) is 5.32 Å². The van der Waals surface area contributed by atoms with Gasteiger partial charge in [-0.1, -0.05) is 18.2 Å². The van der Waals surface area contributed by atoms with Gasteiger partial charge in [0.25, 0.3) is 5.91 Å². The van der Waals surface area contributed by atoms with Crippen LogP contribution in [-0.4, -0.2) is 19.3 Å². The van der Waals surface area contributed by atoms with Gasteiger partial charge in [0.15, 0.2) is 0 Å². The summed E-state index contributed by atoms with van der Waals surface area (Å²) in [5, 5.41) is 2.73. The zero-order valence-corrected chi connectivity index (χ0v) is 10.4. The maximum Gasteiger partial charge on any atom is 0.255 e. The summed E-state index contributed by atoms with van der Waals surface area (Å²) in [6.45, 7) is 0. The molecule has 0 fully saturated rings. The predicted octanol–water partition coefficient (Wildman–Crippen LogP) is 2.76. The van der Waals surface area contributed by atoms with Crippen molar-refractivity contribution in [3.63, 3.8) is 0 Å². The Kier molecular flexibility index (Phi) is 3.93. The zero-order chi connectivity index (χ0) is 13.7. The highest BCUT2D eigenvalue weighted by Gasteiger charge is 2.10. The molecular formula is C15H13NO3. The standard InChI is InChI=1S/C15H13NO3/c1-19-14-8-7-11(10-17)9-13(14)16-15(18)12-5-3-2-4-6-12/h2-10H,1H3,(H,16,18). The number of methoxy groups -OCH3 is 1. The van der Waals surface area contributed by atoms with E-state index >= 15 is 0 Å². The van der Waals surface area contributed by atoms with Gasteiger partial charge in [0.2, 0.25) is 0 Å². The van der Waals surface area contributed by atoms with E-state index in [1.54, 1.807) is 42.5 Å². The van der Waals surface area contributed by atoms with Crippen molar-refractivity contribution in [1.29, 1.82) is 0 Å². The second-order valence-electron chi connectivity index (χ2n) is 3.90. The number of amides is 1. The fraction of sp³-hybridized carbons (Fsp3) is 0.0667. The van der Waals surface area contributed by atoms with Gasteiger partial charge in [0.1, 0.15) is 12.0 Å².